The van der Waals surface area contributed by atoms with Crippen molar-refractivity contribution in [2.24, 2.45) is 5.73 Å². The van der Waals surface area contributed by atoms with Gasteiger partial charge in [0.15, 0.2) is 0 Å². The van der Waals surface area contributed by atoms with Gasteiger partial charge in [0.25, 0.3) is 0 Å². The van der Waals surface area contributed by atoms with Crippen LogP contribution in [0.3, 0.4) is 0 Å². The predicted molar refractivity (Wildman–Crippen MR) is 80.5 cm³/mol. The molecule has 0 saturated heterocycles. The normalized spacial score (nSPS) is 12.7. The molecule has 1 atom stereocenters. The van der Waals surface area contributed by atoms with Crippen LogP contribution in [0, 0.1) is 6.92 Å². The maximum absolute atomic E-state index is 6.37. The third kappa shape index (κ3) is 2.53. The number of aromatic nitrogens is 2. The Morgan fingerprint density at radius 3 is 2.67 bits per heavy atom. The first-order chi connectivity index (χ1) is 8.54. The number of rotatable bonds is 3. The molecule has 0 radical (unpaired) electrons. The number of benzene rings is 1. The van der Waals surface area contributed by atoms with Crippen LogP contribution in [0.5, 0.6) is 0 Å². The monoisotopic (exact) mass is 371 g/mol. The van der Waals surface area contributed by atoms with E-state index in [1.54, 1.807) is 6.20 Å². The molecular weight excluding hydrogens is 358 g/mol. The summed E-state index contributed by atoms with van der Waals surface area (Å²) in [7, 11) is 0. The molecular formula is C13H15Br2N3. The van der Waals surface area contributed by atoms with Crippen molar-refractivity contribution in [3.63, 3.8) is 0 Å². The van der Waals surface area contributed by atoms with E-state index in [0.29, 0.717) is 0 Å². The predicted octanol–water partition coefficient (Wildman–Crippen LogP) is 3.78. The van der Waals surface area contributed by atoms with Gasteiger partial charge in [0.1, 0.15) is 0 Å². The summed E-state index contributed by atoms with van der Waals surface area (Å²) in [4.78, 5) is 0. The third-order valence-electron chi connectivity index (χ3n) is 2.92. The first-order valence-corrected chi connectivity index (χ1v) is 7.36. The zero-order valence-electron chi connectivity index (χ0n) is 10.3. The highest BCUT2D eigenvalue weighted by Gasteiger charge is 2.19. The molecule has 2 aromatic rings. The summed E-state index contributed by atoms with van der Waals surface area (Å²) in [5, 5.41) is 4.30. The minimum Gasteiger partial charge on any atom is -0.319 e. The van der Waals surface area contributed by atoms with E-state index < -0.39 is 0 Å². The molecule has 2 rings (SSSR count). The van der Waals surface area contributed by atoms with Gasteiger partial charge in [0, 0.05) is 11.0 Å². The highest BCUT2D eigenvalue weighted by molar-refractivity contribution is 9.10. The van der Waals surface area contributed by atoms with E-state index >= 15 is 0 Å². The molecule has 3 nitrogen and oxygen atoms in total. The van der Waals surface area contributed by atoms with Crippen LogP contribution < -0.4 is 5.73 Å². The Hall–Kier alpha value is -0.650. The van der Waals surface area contributed by atoms with E-state index in [-0.39, 0.29) is 6.04 Å². The van der Waals surface area contributed by atoms with Gasteiger partial charge in [-0.25, -0.2) is 0 Å². The summed E-state index contributed by atoms with van der Waals surface area (Å²) >= 11 is 7.10. The lowest BCUT2D eigenvalue weighted by molar-refractivity contribution is 0.599. The molecule has 0 aliphatic carbocycles. The molecule has 96 valence electrons. The average molecular weight is 373 g/mol. The van der Waals surface area contributed by atoms with E-state index in [1.807, 2.05) is 4.68 Å². The Morgan fingerprint density at radius 2 is 2.06 bits per heavy atom. The van der Waals surface area contributed by atoms with Gasteiger partial charge in [-0.05, 0) is 47.0 Å². The third-order valence-corrected chi connectivity index (χ3v) is 4.22. The van der Waals surface area contributed by atoms with Crippen molar-refractivity contribution in [2.45, 2.75) is 26.4 Å². The summed E-state index contributed by atoms with van der Waals surface area (Å²) in [6, 6.07) is 6.01. The minimum absolute atomic E-state index is 0.197. The fraction of sp³-hybridized carbons (Fsp3) is 0.308. The molecule has 0 aliphatic rings. The summed E-state index contributed by atoms with van der Waals surface area (Å²) in [6.07, 6.45) is 1.79. The Balaban J connectivity index is 2.47. The second kappa shape index (κ2) is 5.55. The molecule has 1 aromatic carbocycles. The van der Waals surface area contributed by atoms with E-state index in [4.69, 9.17) is 5.73 Å². The maximum atomic E-state index is 6.37. The lowest BCUT2D eigenvalue weighted by atomic mass is 10.0. The Kier molecular flexibility index (Phi) is 4.25. The summed E-state index contributed by atoms with van der Waals surface area (Å²) in [6.45, 7) is 4.92. The standard InChI is InChI=1S/C13H15Br2N3/c1-3-18-13(11(15)7-17-18)12(16)9-5-4-8(2)6-10(9)14/h4-7,12H,3,16H2,1-2H3. The highest BCUT2D eigenvalue weighted by Crippen LogP contribution is 2.31. The van der Waals surface area contributed by atoms with E-state index in [2.05, 4.69) is 69.0 Å². The molecule has 0 bridgehead atoms. The second-order valence-corrected chi connectivity index (χ2v) is 5.90. The van der Waals surface area contributed by atoms with Gasteiger partial charge >= 0.3 is 0 Å². The first-order valence-electron chi connectivity index (χ1n) is 5.77. The van der Waals surface area contributed by atoms with Crippen molar-refractivity contribution in [3.05, 3.63) is 50.2 Å². The van der Waals surface area contributed by atoms with Crippen molar-refractivity contribution in [2.75, 3.05) is 0 Å². The van der Waals surface area contributed by atoms with Gasteiger partial charge in [-0.2, -0.15) is 5.10 Å². The summed E-state index contributed by atoms with van der Waals surface area (Å²) in [5.74, 6) is 0. The molecule has 1 aromatic heterocycles. The van der Waals surface area contributed by atoms with Crippen LogP contribution in [-0.2, 0) is 6.54 Å². The lowest BCUT2D eigenvalue weighted by Crippen LogP contribution is -2.18. The van der Waals surface area contributed by atoms with Crippen molar-refractivity contribution < 1.29 is 0 Å². The van der Waals surface area contributed by atoms with Gasteiger partial charge < -0.3 is 5.73 Å². The number of nitrogens with zero attached hydrogens (tertiary/aromatic N) is 2. The number of halogens is 2. The minimum atomic E-state index is -0.197. The fourth-order valence-electron chi connectivity index (χ4n) is 1.96. The largest absolute Gasteiger partial charge is 0.319 e. The van der Waals surface area contributed by atoms with Gasteiger partial charge in [-0.1, -0.05) is 28.1 Å². The fourth-order valence-corrected chi connectivity index (χ4v) is 3.25. The molecule has 18 heavy (non-hydrogen) atoms. The molecule has 0 spiro atoms. The van der Waals surface area contributed by atoms with Crippen molar-refractivity contribution >= 4 is 31.9 Å². The van der Waals surface area contributed by atoms with Crippen LogP contribution >= 0.6 is 31.9 Å². The highest BCUT2D eigenvalue weighted by atomic mass is 79.9. The lowest BCUT2D eigenvalue weighted by Gasteiger charge is -2.16. The number of hydrogen-bond acceptors (Lipinski definition) is 2. The zero-order valence-corrected chi connectivity index (χ0v) is 13.5. The topological polar surface area (TPSA) is 43.8 Å². The number of aryl methyl sites for hydroxylation is 2. The van der Waals surface area contributed by atoms with Crippen molar-refractivity contribution in [1.82, 2.24) is 9.78 Å². The molecule has 5 heteroatoms. The molecule has 0 aliphatic heterocycles. The molecule has 0 amide bonds. The summed E-state index contributed by atoms with van der Waals surface area (Å²) < 4.78 is 3.90. The zero-order chi connectivity index (χ0) is 13.3. The van der Waals surface area contributed by atoms with E-state index in [0.717, 1.165) is 26.7 Å². The number of hydrogen-bond donors (Lipinski definition) is 1. The van der Waals surface area contributed by atoms with E-state index in [1.165, 1.54) is 5.56 Å². The second-order valence-electron chi connectivity index (χ2n) is 4.20. The van der Waals surface area contributed by atoms with Gasteiger partial charge in [-0.3, -0.25) is 4.68 Å². The van der Waals surface area contributed by atoms with Gasteiger partial charge in [0.2, 0.25) is 0 Å². The van der Waals surface area contributed by atoms with Crippen molar-refractivity contribution in [3.8, 4) is 0 Å². The van der Waals surface area contributed by atoms with E-state index in [9.17, 15) is 0 Å². The Labute approximate surface area is 124 Å². The van der Waals surface area contributed by atoms with Crippen molar-refractivity contribution in [1.29, 1.82) is 0 Å². The smallest absolute Gasteiger partial charge is 0.0745 e. The SMILES string of the molecule is CCn1ncc(Br)c1C(N)c1ccc(C)cc1Br. The van der Waals surface area contributed by atoms with Crippen LogP contribution in [0.2, 0.25) is 0 Å². The molecule has 0 fully saturated rings. The molecule has 0 saturated carbocycles. The molecule has 2 N–H and O–H groups in total. The Bertz CT molecular complexity index is 563. The van der Waals surface area contributed by atoms with Gasteiger partial charge in [-0.15, -0.1) is 0 Å². The van der Waals surface area contributed by atoms with Crippen LogP contribution in [0.4, 0.5) is 0 Å². The molecule has 1 unspecified atom stereocenters. The summed E-state index contributed by atoms with van der Waals surface area (Å²) in [5.41, 5.74) is 9.65. The quantitative estimate of drug-likeness (QED) is 0.890. The van der Waals surface area contributed by atoms with Crippen LogP contribution in [0.1, 0.15) is 29.8 Å². The maximum Gasteiger partial charge on any atom is 0.0745 e. The first kappa shape index (κ1) is 13.8. The molecule has 1 heterocycles. The van der Waals surface area contributed by atoms with Crippen LogP contribution in [0.25, 0.3) is 0 Å². The van der Waals surface area contributed by atoms with Crippen LogP contribution in [-0.4, -0.2) is 9.78 Å². The average Bonchev–Trinajstić information content (AvgIpc) is 2.69. The Morgan fingerprint density at radius 1 is 1.33 bits per heavy atom. The van der Waals surface area contributed by atoms with Crippen LogP contribution in [0.15, 0.2) is 33.3 Å². The van der Waals surface area contributed by atoms with Gasteiger partial charge in [0.05, 0.1) is 22.4 Å². The number of nitrogens with two attached hydrogens (primary N) is 1.